The highest BCUT2D eigenvalue weighted by Crippen LogP contribution is 2.49. The first-order chi connectivity index (χ1) is 14.1. The third kappa shape index (κ3) is 4.46. The third-order valence-electron chi connectivity index (χ3n) is 6.76. The average molecular weight is 396 g/mol. The van der Waals surface area contributed by atoms with Crippen molar-refractivity contribution in [1.29, 1.82) is 0 Å². The summed E-state index contributed by atoms with van der Waals surface area (Å²) in [6, 6.07) is 8.50. The molecule has 5 nitrogen and oxygen atoms in total. The zero-order chi connectivity index (χ0) is 20.2. The minimum atomic E-state index is 0.0762. The summed E-state index contributed by atoms with van der Waals surface area (Å²) in [6.45, 7) is 4.65. The smallest absolute Gasteiger partial charge is 0.215 e. The summed E-state index contributed by atoms with van der Waals surface area (Å²) < 4.78 is 11.6. The molecule has 156 valence electrons. The number of aromatic nitrogens is 2. The molecule has 1 aliphatic carbocycles. The number of hydrogen-bond acceptors (Lipinski definition) is 5. The maximum absolute atomic E-state index is 6.35. The summed E-state index contributed by atoms with van der Waals surface area (Å²) in [5.41, 5.74) is 3.68. The van der Waals surface area contributed by atoms with Crippen molar-refractivity contribution < 1.29 is 9.47 Å². The number of aryl methyl sites for hydroxylation is 1. The van der Waals surface area contributed by atoms with Gasteiger partial charge in [0.15, 0.2) is 0 Å². The Bertz CT molecular complexity index is 805. The fourth-order valence-corrected chi connectivity index (χ4v) is 5.29. The Kier molecular flexibility index (Phi) is 6.16. The molecule has 0 radical (unpaired) electrons. The molecule has 29 heavy (non-hydrogen) atoms. The van der Waals surface area contributed by atoms with Crippen LogP contribution >= 0.6 is 0 Å². The van der Waals surface area contributed by atoms with E-state index in [0.29, 0.717) is 5.88 Å². The largest absolute Gasteiger partial charge is 0.481 e. The molecule has 1 spiro atoms. The van der Waals surface area contributed by atoms with Crippen LogP contribution in [0.2, 0.25) is 0 Å². The van der Waals surface area contributed by atoms with Gasteiger partial charge in [0.1, 0.15) is 0 Å². The van der Waals surface area contributed by atoms with Gasteiger partial charge in [-0.3, -0.25) is 4.98 Å². The molecule has 0 unspecified atom stereocenters. The van der Waals surface area contributed by atoms with Gasteiger partial charge >= 0.3 is 0 Å². The predicted molar refractivity (Wildman–Crippen MR) is 114 cm³/mol. The molecule has 3 heterocycles. The van der Waals surface area contributed by atoms with Crippen molar-refractivity contribution >= 4 is 0 Å². The van der Waals surface area contributed by atoms with Crippen LogP contribution in [0.3, 0.4) is 0 Å². The van der Waals surface area contributed by atoms with E-state index in [-0.39, 0.29) is 11.0 Å². The van der Waals surface area contributed by atoms with Gasteiger partial charge in [-0.1, -0.05) is 18.9 Å². The highest BCUT2D eigenvalue weighted by Gasteiger charge is 2.48. The number of nitrogens with zero attached hydrogens (tertiary/aromatic N) is 2. The quantitative estimate of drug-likeness (QED) is 0.707. The molecule has 2 aromatic heterocycles. The van der Waals surface area contributed by atoms with Crippen LogP contribution in [0, 0.1) is 6.92 Å². The van der Waals surface area contributed by atoms with Gasteiger partial charge in [-0.25, -0.2) is 4.98 Å². The van der Waals surface area contributed by atoms with Gasteiger partial charge in [0.25, 0.3) is 0 Å². The lowest BCUT2D eigenvalue weighted by Crippen LogP contribution is -2.47. The Morgan fingerprint density at radius 3 is 2.76 bits per heavy atom. The molecule has 1 saturated heterocycles. The zero-order valence-corrected chi connectivity index (χ0v) is 17.7. The number of methoxy groups -OCH3 is 1. The highest BCUT2D eigenvalue weighted by atomic mass is 16.5. The number of pyridine rings is 2. The van der Waals surface area contributed by atoms with Crippen molar-refractivity contribution in [2.75, 3.05) is 20.3 Å². The second-order valence-electron chi connectivity index (χ2n) is 8.76. The molecule has 4 rings (SSSR count). The Morgan fingerprint density at radius 1 is 1.17 bits per heavy atom. The normalized spacial score (nSPS) is 23.4. The van der Waals surface area contributed by atoms with Crippen LogP contribution in [0.4, 0.5) is 0 Å². The molecule has 1 N–H and O–H groups in total. The SMILES string of the molecule is COc1ncc(CNCC[C@@]2(c3ccccn3)CCOC3(CCCC3)C2)cc1C. The van der Waals surface area contributed by atoms with E-state index in [4.69, 9.17) is 14.5 Å². The van der Waals surface area contributed by atoms with Crippen molar-refractivity contribution in [3.8, 4) is 5.88 Å². The first-order valence-corrected chi connectivity index (χ1v) is 10.9. The van der Waals surface area contributed by atoms with E-state index < -0.39 is 0 Å². The Labute approximate surface area is 174 Å². The van der Waals surface area contributed by atoms with Crippen LogP contribution in [0.5, 0.6) is 5.88 Å². The molecular weight excluding hydrogens is 362 g/mol. The molecule has 2 fully saturated rings. The van der Waals surface area contributed by atoms with Crippen molar-refractivity contribution in [3.05, 3.63) is 53.5 Å². The highest BCUT2D eigenvalue weighted by molar-refractivity contribution is 5.28. The second-order valence-corrected chi connectivity index (χ2v) is 8.76. The summed E-state index contributed by atoms with van der Waals surface area (Å²) in [4.78, 5) is 9.18. The fraction of sp³-hybridized carbons (Fsp3) is 0.583. The number of rotatable bonds is 7. The Morgan fingerprint density at radius 2 is 2.03 bits per heavy atom. The van der Waals surface area contributed by atoms with Crippen LogP contribution in [0.1, 0.15) is 61.8 Å². The second kappa shape index (κ2) is 8.80. The van der Waals surface area contributed by atoms with E-state index in [1.54, 1.807) is 7.11 Å². The molecule has 1 saturated carbocycles. The van der Waals surface area contributed by atoms with Crippen LogP contribution in [0.15, 0.2) is 36.7 Å². The van der Waals surface area contributed by atoms with Gasteiger partial charge in [0.2, 0.25) is 5.88 Å². The first-order valence-electron chi connectivity index (χ1n) is 10.9. The fourth-order valence-electron chi connectivity index (χ4n) is 5.29. The number of ether oxygens (including phenoxy) is 2. The van der Waals surface area contributed by atoms with E-state index in [1.807, 2.05) is 25.4 Å². The maximum atomic E-state index is 6.35. The average Bonchev–Trinajstić information content (AvgIpc) is 3.19. The summed E-state index contributed by atoms with van der Waals surface area (Å²) in [6.07, 6.45) is 12.1. The lowest BCUT2D eigenvalue weighted by molar-refractivity contribution is -0.104. The Hall–Kier alpha value is -1.98. The van der Waals surface area contributed by atoms with Gasteiger partial charge in [0.05, 0.1) is 12.7 Å². The summed E-state index contributed by atoms with van der Waals surface area (Å²) >= 11 is 0. The standard InChI is InChI=1S/C24H33N3O2/c1-19-15-20(17-27-22(19)28-2)16-25-13-10-23(21-7-3-6-12-26-21)11-14-29-24(18-23)8-4-5-9-24/h3,6-7,12,15,17,25H,4-5,8-11,13-14,16,18H2,1-2H3/t23-/m1/s1. The molecular formula is C24H33N3O2. The van der Waals surface area contributed by atoms with Crippen molar-refractivity contribution in [1.82, 2.24) is 15.3 Å². The topological polar surface area (TPSA) is 56.3 Å². The summed E-state index contributed by atoms with van der Waals surface area (Å²) in [7, 11) is 1.66. The van der Waals surface area contributed by atoms with Crippen molar-refractivity contribution in [3.63, 3.8) is 0 Å². The molecule has 0 aromatic carbocycles. The van der Waals surface area contributed by atoms with Gasteiger partial charge in [-0.2, -0.15) is 0 Å². The third-order valence-corrected chi connectivity index (χ3v) is 6.76. The molecule has 1 atom stereocenters. The van der Waals surface area contributed by atoms with E-state index in [1.165, 1.54) is 36.9 Å². The first kappa shape index (κ1) is 20.3. The lowest BCUT2D eigenvalue weighted by atomic mass is 9.68. The zero-order valence-electron chi connectivity index (χ0n) is 17.7. The molecule has 2 aromatic rings. The van der Waals surface area contributed by atoms with Gasteiger partial charge < -0.3 is 14.8 Å². The van der Waals surface area contributed by atoms with E-state index in [9.17, 15) is 0 Å². The number of hydrogen-bond donors (Lipinski definition) is 1. The maximum Gasteiger partial charge on any atom is 0.215 e. The van der Waals surface area contributed by atoms with E-state index in [0.717, 1.165) is 44.5 Å². The molecule has 0 bridgehead atoms. The van der Waals surface area contributed by atoms with Crippen molar-refractivity contribution in [2.24, 2.45) is 0 Å². The lowest BCUT2D eigenvalue weighted by Gasteiger charge is -2.46. The minimum Gasteiger partial charge on any atom is -0.481 e. The summed E-state index contributed by atoms with van der Waals surface area (Å²) in [5.74, 6) is 0.701. The molecule has 1 aliphatic heterocycles. The molecule has 0 amide bonds. The molecule has 5 heteroatoms. The van der Waals surface area contributed by atoms with Gasteiger partial charge in [-0.15, -0.1) is 0 Å². The predicted octanol–water partition coefficient (Wildman–Crippen LogP) is 4.33. The van der Waals surface area contributed by atoms with Crippen LogP contribution < -0.4 is 10.1 Å². The Balaban J connectivity index is 1.43. The number of nitrogens with one attached hydrogen (secondary N) is 1. The molecule has 2 aliphatic rings. The van der Waals surface area contributed by atoms with Gasteiger partial charge in [0, 0.05) is 42.2 Å². The van der Waals surface area contributed by atoms with Crippen molar-refractivity contribution in [2.45, 2.75) is 69.4 Å². The van der Waals surface area contributed by atoms with Crippen LogP contribution in [-0.2, 0) is 16.7 Å². The van der Waals surface area contributed by atoms with E-state index in [2.05, 4.69) is 28.5 Å². The monoisotopic (exact) mass is 395 g/mol. The minimum absolute atomic E-state index is 0.0762. The van der Waals surface area contributed by atoms with Gasteiger partial charge in [-0.05, 0) is 69.3 Å². The summed E-state index contributed by atoms with van der Waals surface area (Å²) in [5, 5.41) is 3.64. The van der Waals surface area contributed by atoms with Crippen LogP contribution in [0.25, 0.3) is 0 Å². The van der Waals surface area contributed by atoms with Crippen LogP contribution in [-0.4, -0.2) is 35.8 Å². The van der Waals surface area contributed by atoms with E-state index >= 15 is 0 Å².